The summed E-state index contributed by atoms with van der Waals surface area (Å²) in [6.07, 6.45) is 2.65. The number of fused-ring (bicyclic) bond motifs is 1. The number of para-hydroxylation sites is 1. The normalized spacial score (nSPS) is 17.0. The van der Waals surface area contributed by atoms with Crippen LogP contribution in [0.2, 0.25) is 0 Å². The average Bonchev–Trinajstić information content (AvgIpc) is 3.95. The molecule has 4 aromatic rings. The highest BCUT2D eigenvalue weighted by Gasteiger charge is 2.40. The highest BCUT2D eigenvalue weighted by atomic mass is 16.5. The number of benzodiazepines with no additional fused rings is 1. The molecule has 8 heteroatoms. The molecule has 0 bridgehead atoms. The second kappa shape index (κ2) is 14.7. The first-order chi connectivity index (χ1) is 23.4. The fourth-order valence-corrected chi connectivity index (χ4v) is 6.59. The average molecular weight is 643 g/mol. The fourth-order valence-electron chi connectivity index (χ4n) is 6.59. The molecule has 8 nitrogen and oxygen atoms in total. The lowest BCUT2D eigenvalue weighted by atomic mass is 9.83. The van der Waals surface area contributed by atoms with Crippen molar-refractivity contribution in [3.63, 3.8) is 0 Å². The van der Waals surface area contributed by atoms with Gasteiger partial charge in [0.1, 0.15) is 5.75 Å². The number of nitrogens with two attached hydrogens (primary N) is 1. The summed E-state index contributed by atoms with van der Waals surface area (Å²) in [4.78, 5) is 48.0. The monoisotopic (exact) mass is 642 g/mol. The number of benzene rings is 4. The van der Waals surface area contributed by atoms with Crippen molar-refractivity contribution in [2.75, 3.05) is 12.0 Å². The van der Waals surface area contributed by atoms with E-state index in [1.165, 1.54) is 0 Å². The molecule has 48 heavy (non-hydrogen) atoms. The third-order valence-corrected chi connectivity index (χ3v) is 9.30. The summed E-state index contributed by atoms with van der Waals surface area (Å²) in [5.74, 6) is -1.27. The van der Waals surface area contributed by atoms with Crippen LogP contribution < -0.4 is 20.7 Å². The molecule has 2 aliphatic rings. The Morgan fingerprint density at radius 1 is 0.896 bits per heavy atom. The van der Waals surface area contributed by atoms with Crippen LogP contribution in [0.1, 0.15) is 55.7 Å². The number of ether oxygens (including phenoxy) is 1. The van der Waals surface area contributed by atoms with Crippen LogP contribution in [0.5, 0.6) is 5.75 Å². The Balaban J connectivity index is 1.38. The van der Waals surface area contributed by atoms with Gasteiger partial charge in [-0.15, -0.1) is 0 Å². The maximum Gasteiger partial charge on any atom is 0.272 e. The van der Waals surface area contributed by atoms with E-state index in [0.29, 0.717) is 30.2 Å². The van der Waals surface area contributed by atoms with E-state index in [-0.39, 0.29) is 18.4 Å². The Hall–Kier alpha value is -5.24. The lowest BCUT2D eigenvalue weighted by Gasteiger charge is -2.28. The van der Waals surface area contributed by atoms with Crippen LogP contribution in [0.25, 0.3) is 11.1 Å². The third-order valence-electron chi connectivity index (χ3n) is 9.30. The molecule has 3 N–H and O–H groups in total. The van der Waals surface area contributed by atoms with Crippen molar-refractivity contribution in [2.45, 2.75) is 51.7 Å². The van der Waals surface area contributed by atoms with Gasteiger partial charge in [-0.3, -0.25) is 14.4 Å². The Kier molecular flexibility index (Phi) is 9.99. The number of methoxy groups -OCH3 is 1. The summed E-state index contributed by atoms with van der Waals surface area (Å²) in [7, 11) is 1.64. The Morgan fingerprint density at radius 2 is 1.60 bits per heavy atom. The maximum absolute atomic E-state index is 14.6. The van der Waals surface area contributed by atoms with E-state index in [2.05, 4.69) is 11.4 Å². The van der Waals surface area contributed by atoms with E-state index in [4.69, 9.17) is 15.5 Å². The highest BCUT2D eigenvalue weighted by Crippen LogP contribution is 2.39. The van der Waals surface area contributed by atoms with E-state index in [0.717, 1.165) is 52.8 Å². The molecule has 0 saturated heterocycles. The van der Waals surface area contributed by atoms with Gasteiger partial charge in [-0.25, -0.2) is 4.99 Å². The van der Waals surface area contributed by atoms with Crippen molar-refractivity contribution in [3.05, 3.63) is 120 Å². The minimum Gasteiger partial charge on any atom is -0.497 e. The number of anilines is 1. The standard InChI is InChI=1S/C40H42N4O4/c1-3-10-32(37(41)45)34(24-26-17-18-26)39(46)43-38-40(47)44(25-27-11-9-14-30(23-27)28-19-21-31(48-2)22-20-28)35-16-8-7-15-33(35)36(42-38)29-12-5-4-6-13-29/h4-9,11-16,19-23,26,32,34,38H,3,10,17-18,24-25H2,1-2H3,(H2,41,45)(H,43,46). The third kappa shape index (κ3) is 7.33. The number of amides is 3. The van der Waals surface area contributed by atoms with Crippen molar-refractivity contribution >= 4 is 29.1 Å². The summed E-state index contributed by atoms with van der Waals surface area (Å²) in [6, 6.07) is 33.3. The zero-order chi connectivity index (χ0) is 33.6. The van der Waals surface area contributed by atoms with Crippen LogP contribution in [-0.4, -0.2) is 36.7 Å². The molecule has 1 fully saturated rings. The van der Waals surface area contributed by atoms with Gasteiger partial charge >= 0.3 is 0 Å². The smallest absolute Gasteiger partial charge is 0.272 e. The van der Waals surface area contributed by atoms with E-state index >= 15 is 0 Å². The van der Waals surface area contributed by atoms with Gasteiger partial charge in [0.25, 0.3) is 5.91 Å². The van der Waals surface area contributed by atoms with E-state index < -0.39 is 23.9 Å². The maximum atomic E-state index is 14.6. The summed E-state index contributed by atoms with van der Waals surface area (Å²) >= 11 is 0. The van der Waals surface area contributed by atoms with Gasteiger partial charge in [-0.2, -0.15) is 0 Å². The fraction of sp³-hybridized carbons (Fsp3) is 0.300. The summed E-state index contributed by atoms with van der Waals surface area (Å²) in [5, 5.41) is 3.00. The van der Waals surface area contributed by atoms with E-state index in [1.54, 1.807) is 12.0 Å². The van der Waals surface area contributed by atoms with Gasteiger partial charge < -0.3 is 20.7 Å². The number of primary amides is 1. The molecule has 1 aliphatic heterocycles. The van der Waals surface area contributed by atoms with Crippen molar-refractivity contribution in [1.82, 2.24) is 5.32 Å². The van der Waals surface area contributed by atoms with E-state index in [1.807, 2.05) is 104 Å². The van der Waals surface area contributed by atoms with Crippen LogP contribution in [-0.2, 0) is 20.9 Å². The molecule has 4 aromatic carbocycles. The number of rotatable bonds is 13. The Bertz CT molecular complexity index is 1800. The molecule has 246 valence electrons. The quantitative estimate of drug-likeness (QED) is 0.173. The molecular weight excluding hydrogens is 600 g/mol. The largest absolute Gasteiger partial charge is 0.497 e. The van der Waals surface area contributed by atoms with Crippen LogP contribution >= 0.6 is 0 Å². The molecule has 1 aliphatic carbocycles. The molecule has 6 rings (SSSR count). The van der Waals surface area contributed by atoms with Gasteiger partial charge in [0, 0.05) is 23.0 Å². The predicted molar refractivity (Wildman–Crippen MR) is 188 cm³/mol. The van der Waals surface area contributed by atoms with Crippen LogP contribution in [0.4, 0.5) is 5.69 Å². The zero-order valence-electron chi connectivity index (χ0n) is 27.5. The van der Waals surface area contributed by atoms with Gasteiger partial charge in [-0.05, 0) is 59.7 Å². The van der Waals surface area contributed by atoms with E-state index in [9.17, 15) is 14.4 Å². The number of carbonyl (C=O) groups is 3. The van der Waals surface area contributed by atoms with Crippen LogP contribution in [0.3, 0.4) is 0 Å². The zero-order valence-corrected chi connectivity index (χ0v) is 27.5. The summed E-state index contributed by atoms with van der Waals surface area (Å²) in [5.41, 5.74) is 11.7. The number of hydrogen-bond acceptors (Lipinski definition) is 5. The van der Waals surface area contributed by atoms with Crippen molar-refractivity contribution in [2.24, 2.45) is 28.5 Å². The van der Waals surface area contributed by atoms with Crippen molar-refractivity contribution in [3.8, 4) is 16.9 Å². The minimum atomic E-state index is -1.21. The lowest BCUT2D eigenvalue weighted by Crippen LogP contribution is -2.50. The van der Waals surface area contributed by atoms with Crippen LogP contribution in [0.15, 0.2) is 108 Å². The number of nitrogens with zero attached hydrogens (tertiary/aromatic N) is 2. The second-order valence-corrected chi connectivity index (χ2v) is 12.7. The van der Waals surface area contributed by atoms with Crippen LogP contribution in [0, 0.1) is 17.8 Å². The number of hydrogen-bond donors (Lipinski definition) is 2. The Morgan fingerprint density at radius 3 is 2.29 bits per heavy atom. The summed E-state index contributed by atoms with van der Waals surface area (Å²) < 4.78 is 5.33. The van der Waals surface area contributed by atoms with Gasteiger partial charge in [0.05, 0.1) is 25.1 Å². The lowest BCUT2D eigenvalue weighted by molar-refractivity contribution is -0.135. The Labute approximate surface area is 282 Å². The molecule has 0 radical (unpaired) electrons. The van der Waals surface area contributed by atoms with Gasteiger partial charge in [-0.1, -0.05) is 105 Å². The molecule has 3 amide bonds. The summed E-state index contributed by atoms with van der Waals surface area (Å²) in [6.45, 7) is 2.24. The molecule has 0 spiro atoms. The SMILES string of the molecule is CCCC(C(N)=O)C(CC1CC1)C(=O)NC1N=C(c2ccccc2)c2ccccc2N(Cc2cccc(-c3ccc(OC)cc3)c2)C1=O. The topological polar surface area (TPSA) is 114 Å². The van der Waals surface area contributed by atoms with Gasteiger partial charge in [0.2, 0.25) is 18.0 Å². The first-order valence-electron chi connectivity index (χ1n) is 16.7. The number of aliphatic imine (C=N–C) groups is 1. The molecule has 0 aromatic heterocycles. The number of nitrogens with one attached hydrogen (secondary N) is 1. The minimum absolute atomic E-state index is 0.259. The van der Waals surface area contributed by atoms with Crippen molar-refractivity contribution < 1.29 is 19.1 Å². The first kappa shape index (κ1) is 32.7. The molecule has 3 atom stereocenters. The second-order valence-electron chi connectivity index (χ2n) is 12.7. The first-order valence-corrected chi connectivity index (χ1v) is 16.7. The molecule has 3 unspecified atom stereocenters. The molecule has 1 saturated carbocycles. The number of carbonyl (C=O) groups excluding carboxylic acids is 3. The molecular formula is C40H42N4O4. The molecule has 1 heterocycles. The van der Waals surface area contributed by atoms with Gasteiger partial charge in [0.15, 0.2) is 0 Å². The van der Waals surface area contributed by atoms with Crippen molar-refractivity contribution in [1.29, 1.82) is 0 Å². The predicted octanol–water partition coefficient (Wildman–Crippen LogP) is 6.51. The highest BCUT2D eigenvalue weighted by molar-refractivity contribution is 6.20.